The molecule has 0 spiro atoms. The van der Waals surface area contributed by atoms with Crippen molar-refractivity contribution in [1.29, 1.82) is 0 Å². The van der Waals surface area contributed by atoms with Crippen molar-refractivity contribution in [2.75, 3.05) is 15.4 Å². The number of carbonyl (C=O) groups is 1. The van der Waals surface area contributed by atoms with Crippen LogP contribution in [-0.4, -0.2) is 18.6 Å². The molecule has 1 aromatic heterocycles. The molecule has 0 saturated carbocycles. The zero-order chi connectivity index (χ0) is 21.8. The van der Waals surface area contributed by atoms with Crippen LogP contribution in [0.5, 0.6) is 0 Å². The second-order valence-corrected chi connectivity index (χ2v) is 7.59. The number of para-hydroxylation sites is 1. The summed E-state index contributed by atoms with van der Waals surface area (Å²) >= 11 is 0. The summed E-state index contributed by atoms with van der Waals surface area (Å²) in [6.07, 6.45) is -2.09. The number of alkyl halides is 3. The average molecular weight is 436 g/mol. The molecule has 2 aromatic carbocycles. The first-order chi connectivity index (χ1) is 14.1. The summed E-state index contributed by atoms with van der Waals surface area (Å²) in [7, 11) is -4.52. The van der Waals surface area contributed by atoms with E-state index in [1.54, 1.807) is 18.2 Å². The van der Waals surface area contributed by atoms with Gasteiger partial charge in [0.1, 0.15) is 0 Å². The number of rotatable bonds is 5. The molecule has 0 saturated heterocycles. The van der Waals surface area contributed by atoms with Gasteiger partial charge in [0.2, 0.25) is 0 Å². The van der Waals surface area contributed by atoms with Gasteiger partial charge in [-0.3, -0.25) is 14.5 Å². The van der Waals surface area contributed by atoms with Gasteiger partial charge < -0.3 is 10.6 Å². The maximum atomic E-state index is 12.9. The molecule has 0 aliphatic carbocycles. The summed E-state index contributed by atoms with van der Waals surface area (Å²) in [6.45, 7) is 0. The van der Waals surface area contributed by atoms with Crippen LogP contribution in [0.1, 0.15) is 5.56 Å². The van der Waals surface area contributed by atoms with Crippen LogP contribution in [0.3, 0.4) is 0 Å². The first-order valence-electron chi connectivity index (χ1n) is 8.42. The minimum absolute atomic E-state index is 0.0743. The van der Waals surface area contributed by atoms with Crippen LogP contribution in [0.15, 0.2) is 73.1 Å². The lowest BCUT2D eigenvalue weighted by molar-refractivity contribution is -0.137. The molecule has 0 bridgehead atoms. The lowest BCUT2D eigenvalue weighted by Gasteiger charge is -2.15. The Morgan fingerprint density at radius 3 is 2.30 bits per heavy atom. The number of aromatic nitrogens is 1. The Kier molecular flexibility index (Phi) is 5.92. The second kappa shape index (κ2) is 8.41. The van der Waals surface area contributed by atoms with Crippen molar-refractivity contribution < 1.29 is 26.4 Å². The number of pyridine rings is 1. The number of halogens is 3. The van der Waals surface area contributed by atoms with E-state index in [1.807, 2.05) is 0 Å². The number of nitrogens with zero attached hydrogens (tertiary/aromatic N) is 1. The van der Waals surface area contributed by atoms with Gasteiger partial charge in [0.25, 0.3) is 0 Å². The zero-order valence-corrected chi connectivity index (χ0v) is 16.0. The van der Waals surface area contributed by atoms with Gasteiger partial charge in [-0.15, -0.1) is 0 Å². The molecule has 0 radical (unpaired) electrons. The lowest BCUT2D eigenvalue weighted by Crippen LogP contribution is -2.28. The molecule has 1 heterocycles. The van der Waals surface area contributed by atoms with E-state index in [4.69, 9.17) is 0 Å². The van der Waals surface area contributed by atoms with Crippen LogP contribution in [0.25, 0.3) is 0 Å². The third kappa shape index (κ3) is 5.26. The minimum atomic E-state index is -4.53. The van der Waals surface area contributed by atoms with Crippen molar-refractivity contribution in [3.8, 4) is 0 Å². The number of carbonyl (C=O) groups excluding carboxylic acids is 1. The van der Waals surface area contributed by atoms with Crippen molar-refractivity contribution in [3.05, 3.63) is 78.6 Å². The first-order valence-corrected chi connectivity index (χ1v) is 9.90. The molecule has 11 heteroatoms. The molecule has 30 heavy (non-hydrogen) atoms. The van der Waals surface area contributed by atoms with Crippen LogP contribution >= 0.6 is 0 Å². The van der Waals surface area contributed by atoms with Crippen molar-refractivity contribution >= 4 is 38.0 Å². The van der Waals surface area contributed by atoms with E-state index in [-0.39, 0.29) is 22.7 Å². The summed E-state index contributed by atoms with van der Waals surface area (Å²) in [6, 6.07) is 13.7. The van der Waals surface area contributed by atoms with Crippen LogP contribution in [0.2, 0.25) is 0 Å². The van der Waals surface area contributed by atoms with Gasteiger partial charge in [0.15, 0.2) is 0 Å². The van der Waals surface area contributed by atoms with Gasteiger partial charge in [0.05, 0.1) is 23.1 Å². The molecule has 3 rings (SSSR count). The highest BCUT2D eigenvalue weighted by Gasteiger charge is 2.30. The molecule has 0 atom stereocenters. The fraction of sp³-hybridized carbons (Fsp3) is 0.0526. The van der Waals surface area contributed by atoms with E-state index >= 15 is 0 Å². The van der Waals surface area contributed by atoms with Gasteiger partial charge in [-0.05, 0) is 36.4 Å². The standard InChI is InChI=1S/C19H15F3N4O3S/c20-19(21,22)13-5-4-8-15(11-13)24-16-9-10-23-12-17(16)26-30(28,29)18(27)25-14-6-2-1-3-7-14/h1-12,26H,(H,23,24)(H,25,27). The van der Waals surface area contributed by atoms with Crippen LogP contribution in [0.4, 0.5) is 40.7 Å². The Balaban J connectivity index is 1.81. The number of amides is 1. The third-order valence-electron chi connectivity index (χ3n) is 3.80. The molecule has 3 N–H and O–H groups in total. The Morgan fingerprint density at radius 2 is 1.60 bits per heavy atom. The molecule has 3 aromatic rings. The highest BCUT2D eigenvalue weighted by atomic mass is 32.2. The van der Waals surface area contributed by atoms with E-state index < -0.39 is 27.0 Å². The Bertz CT molecular complexity index is 1150. The smallest absolute Gasteiger partial charge is 0.354 e. The number of benzene rings is 2. The monoisotopic (exact) mass is 436 g/mol. The highest BCUT2D eigenvalue weighted by molar-refractivity contribution is 8.07. The van der Waals surface area contributed by atoms with Crippen molar-refractivity contribution in [2.24, 2.45) is 0 Å². The number of sulfonamides is 1. The molecular formula is C19H15F3N4O3S. The largest absolute Gasteiger partial charge is 0.416 e. The van der Waals surface area contributed by atoms with E-state index in [1.165, 1.54) is 36.5 Å². The van der Waals surface area contributed by atoms with Crippen molar-refractivity contribution in [1.82, 2.24) is 4.98 Å². The SMILES string of the molecule is O=C(Nc1ccccc1)S(=O)(=O)Nc1cnccc1Nc1cccc(C(F)(F)F)c1. The van der Waals surface area contributed by atoms with Gasteiger partial charge in [-0.1, -0.05) is 24.3 Å². The van der Waals surface area contributed by atoms with E-state index in [0.29, 0.717) is 0 Å². The van der Waals surface area contributed by atoms with Crippen molar-refractivity contribution in [3.63, 3.8) is 0 Å². The molecule has 7 nitrogen and oxygen atoms in total. The Hall–Kier alpha value is -3.60. The quantitative estimate of drug-likeness (QED) is 0.533. The number of nitrogens with one attached hydrogen (secondary N) is 3. The number of anilines is 4. The fourth-order valence-corrected chi connectivity index (χ4v) is 3.21. The van der Waals surface area contributed by atoms with Crippen LogP contribution < -0.4 is 15.4 Å². The predicted molar refractivity (Wildman–Crippen MR) is 107 cm³/mol. The summed E-state index contributed by atoms with van der Waals surface area (Å²) in [4.78, 5) is 15.9. The molecule has 0 aliphatic heterocycles. The zero-order valence-electron chi connectivity index (χ0n) is 15.1. The van der Waals surface area contributed by atoms with Crippen LogP contribution in [-0.2, 0) is 16.2 Å². The number of hydrogen-bond donors (Lipinski definition) is 3. The maximum absolute atomic E-state index is 12.9. The average Bonchev–Trinajstić information content (AvgIpc) is 2.70. The van der Waals surface area contributed by atoms with Gasteiger partial charge >= 0.3 is 21.4 Å². The van der Waals surface area contributed by atoms with Crippen molar-refractivity contribution in [2.45, 2.75) is 6.18 Å². The first kappa shape index (κ1) is 21.1. The molecule has 156 valence electrons. The lowest BCUT2D eigenvalue weighted by atomic mass is 10.2. The predicted octanol–water partition coefficient (Wildman–Crippen LogP) is 4.82. The Labute approximate surface area is 170 Å². The molecular weight excluding hydrogens is 421 g/mol. The van der Waals surface area contributed by atoms with Gasteiger partial charge in [-0.25, -0.2) is 0 Å². The Morgan fingerprint density at radius 1 is 0.900 bits per heavy atom. The minimum Gasteiger partial charge on any atom is -0.354 e. The molecule has 0 unspecified atom stereocenters. The van der Waals surface area contributed by atoms with E-state index in [2.05, 4.69) is 20.3 Å². The third-order valence-corrected chi connectivity index (χ3v) is 4.88. The summed E-state index contributed by atoms with van der Waals surface area (Å²) < 4.78 is 65.5. The molecule has 1 amide bonds. The fourth-order valence-electron chi connectivity index (χ4n) is 2.41. The second-order valence-electron chi connectivity index (χ2n) is 6.01. The summed E-state index contributed by atoms with van der Waals surface area (Å²) in [5.74, 6) is 0. The summed E-state index contributed by atoms with van der Waals surface area (Å²) in [5.41, 5.74) is -0.518. The highest BCUT2D eigenvalue weighted by Crippen LogP contribution is 2.32. The van der Waals surface area contributed by atoms with E-state index in [9.17, 15) is 26.4 Å². The normalized spacial score (nSPS) is 11.6. The molecule has 0 aliphatic rings. The number of hydrogen-bond acceptors (Lipinski definition) is 5. The van der Waals surface area contributed by atoms with E-state index in [0.717, 1.165) is 18.3 Å². The van der Waals surface area contributed by atoms with Gasteiger partial charge in [-0.2, -0.15) is 21.6 Å². The maximum Gasteiger partial charge on any atom is 0.416 e. The van der Waals surface area contributed by atoms with Gasteiger partial charge in [0, 0.05) is 17.6 Å². The summed E-state index contributed by atoms with van der Waals surface area (Å²) in [5, 5.41) is 3.63. The van der Waals surface area contributed by atoms with Crippen LogP contribution in [0, 0.1) is 0 Å². The topological polar surface area (TPSA) is 100 Å². The molecule has 0 fully saturated rings.